The van der Waals surface area contributed by atoms with Gasteiger partial charge in [0.1, 0.15) is 5.75 Å². The van der Waals surface area contributed by atoms with Crippen molar-refractivity contribution < 1.29 is 14.3 Å². The maximum Gasteiger partial charge on any atom is 0.309 e. The Morgan fingerprint density at radius 3 is 2.61 bits per heavy atom. The third-order valence-electron chi connectivity index (χ3n) is 5.47. The third kappa shape index (κ3) is 4.72. The molecule has 0 saturated carbocycles. The topological polar surface area (TPSA) is 70.7 Å². The number of benzene rings is 2. The van der Waals surface area contributed by atoms with Gasteiger partial charge in [-0.05, 0) is 35.6 Å². The number of amides is 2. The molecule has 6 nitrogen and oxygen atoms in total. The summed E-state index contributed by atoms with van der Waals surface area (Å²) in [7, 11) is 1.58. The van der Waals surface area contributed by atoms with Gasteiger partial charge in [-0.2, -0.15) is 0 Å². The first-order valence-corrected chi connectivity index (χ1v) is 11.1. The Morgan fingerprint density at radius 1 is 1.03 bits per heavy atom. The van der Waals surface area contributed by atoms with Crippen molar-refractivity contribution in [2.75, 3.05) is 25.1 Å². The molecule has 0 fully saturated rings. The van der Waals surface area contributed by atoms with Crippen molar-refractivity contribution in [3.8, 4) is 5.75 Å². The smallest absolute Gasteiger partial charge is 0.309 e. The standard InChI is InChI=1S/C24H25N3O3S/c1-30-21-10-5-3-8-18(21)15-25-23(28)24(29)26-16-20(22-11-6-14-31-22)27-13-12-17-7-2-4-9-19(17)27/h2-11,14,20H,12-13,15-16H2,1H3,(H,25,28)(H,26,29)/t20-/m1/s1. The molecule has 160 valence electrons. The number of hydrogen-bond donors (Lipinski definition) is 2. The van der Waals surface area contributed by atoms with E-state index in [1.165, 1.54) is 11.3 Å². The van der Waals surface area contributed by atoms with Crippen LogP contribution in [-0.2, 0) is 22.6 Å². The van der Waals surface area contributed by atoms with Crippen molar-refractivity contribution in [3.05, 3.63) is 82.0 Å². The van der Waals surface area contributed by atoms with Crippen molar-refractivity contribution in [1.82, 2.24) is 10.6 Å². The van der Waals surface area contributed by atoms with Crippen LogP contribution in [0.2, 0.25) is 0 Å². The number of methoxy groups -OCH3 is 1. The molecule has 0 bridgehead atoms. The predicted molar refractivity (Wildman–Crippen MR) is 122 cm³/mol. The van der Waals surface area contributed by atoms with Gasteiger partial charge < -0.3 is 20.3 Å². The van der Waals surface area contributed by atoms with Gasteiger partial charge >= 0.3 is 11.8 Å². The summed E-state index contributed by atoms with van der Waals surface area (Å²) in [5, 5.41) is 7.54. The van der Waals surface area contributed by atoms with Gasteiger partial charge in [0, 0.05) is 35.8 Å². The van der Waals surface area contributed by atoms with Crippen LogP contribution in [0, 0.1) is 0 Å². The first kappa shape index (κ1) is 20.9. The van der Waals surface area contributed by atoms with Gasteiger partial charge in [-0.25, -0.2) is 0 Å². The lowest BCUT2D eigenvalue weighted by Crippen LogP contribution is -2.43. The van der Waals surface area contributed by atoms with Crippen LogP contribution in [0.4, 0.5) is 5.69 Å². The monoisotopic (exact) mass is 435 g/mol. The number of ether oxygens (including phenoxy) is 1. The Balaban J connectivity index is 1.39. The van der Waals surface area contributed by atoms with E-state index in [0.717, 1.165) is 23.4 Å². The zero-order valence-electron chi connectivity index (χ0n) is 17.3. The number of rotatable bonds is 7. The number of carbonyl (C=O) groups excluding carboxylic acids is 2. The van der Waals surface area contributed by atoms with Gasteiger partial charge in [0.25, 0.3) is 0 Å². The number of nitrogens with zero attached hydrogens (tertiary/aromatic N) is 1. The van der Waals surface area contributed by atoms with Crippen molar-refractivity contribution in [2.45, 2.75) is 19.0 Å². The highest BCUT2D eigenvalue weighted by molar-refractivity contribution is 7.10. The zero-order chi connectivity index (χ0) is 21.6. The summed E-state index contributed by atoms with van der Waals surface area (Å²) in [5.74, 6) is -0.615. The molecule has 2 aromatic carbocycles. The molecule has 1 aromatic heterocycles. The Morgan fingerprint density at radius 2 is 1.81 bits per heavy atom. The average Bonchev–Trinajstić information content (AvgIpc) is 3.48. The molecule has 4 rings (SSSR count). The second kappa shape index (κ2) is 9.66. The van der Waals surface area contributed by atoms with E-state index in [0.29, 0.717) is 12.3 Å². The molecule has 1 aliphatic heterocycles. The van der Waals surface area contributed by atoms with Crippen LogP contribution in [0.3, 0.4) is 0 Å². The van der Waals surface area contributed by atoms with Crippen molar-refractivity contribution in [1.29, 1.82) is 0 Å². The molecule has 0 unspecified atom stereocenters. The van der Waals surface area contributed by atoms with Crippen LogP contribution in [0.15, 0.2) is 66.0 Å². The van der Waals surface area contributed by atoms with Gasteiger partial charge in [-0.3, -0.25) is 9.59 Å². The molecule has 2 N–H and O–H groups in total. The van der Waals surface area contributed by atoms with Gasteiger partial charge in [0.2, 0.25) is 0 Å². The van der Waals surface area contributed by atoms with Crippen molar-refractivity contribution >= 4 is 28.8 Å². The van der Waals surface area contributed by atoms with E-state index in [4.69, 9.17) is 4.74 Å². The molecular formula is C24H25N3O3S. The van der Waals surface area contributed by atoms with E-state index in [1.54, 1.807) is 18.4 Å². The van der Waals surface area contributed by atoms with E-state index in [2.05, 4.69) is 39.8 Å². The highest BCUT2D eigenvalue weighted by Crippen LogP contribution is 2.36. The normalized spacial score (nSPS) is 13.4. The van der Waals surface area contributed by atoms with Gasteiger partial charge in [0.05, 0.1) is 13.2 Å². The molecule has 7 heteroatoms. The number of hydrogen-bond acceptors (Lipinski definition) is 5. The number of thiophene rings is 1. The summed E-state index contributed by atoms with van der Waals surface area (Å²) in [5.41, 5.74) is 3.32. The van der Waals surface area contributed by atoms with E-state index < -0.39 is 11.8 Å². The first-order valence-electron chi connectivity index (χ1n) is 10.2. The lowest BCUT2D eigenvalue weighted by Gasteiger charge is -2.30. The summed E-state index contributed by atoms with van der Waals surface area (Å²) in [6.07, 6.45) is 0.978. The molecule has 0 radical (unpaired) electrons. The van der Waals surface area contributed by atoms with Gasteiger partial charge in [-0.1, -0.05) is 42.5 Å². The second-order valence-corrected chi connectivity index (χ2v) is 8.29. The number of carbonyl (C=O) groups is 2. The number of nitrogens with one attached hydrogen (secondary N) is 2. The SMILES string of the molecule is COc1ccccc1CNC(=O)C(=O)NC[C@H](c1cccs1)N1CCc2ccccc21. The highest BCUT2D eigenvalue weighted by Gasteiger charge is 2.28. The van der Waals surface area contributed by atoms with Crippen LogP contribution in [0.5, 0.6) is 5.75 Å². The molecule has 3 aromatic rings. The molecular weight excluding hydrogens is 410 g/mol. The Hall–Kier alpha value is -3.32. The Bertz CT molecular complexity index is 1050. The summed E-state index contributed by atoms with van der Waals surface area (Å²) in [4.78, 5) is 28.3. The molecule has 31 heavy (non-hydrogen) atoms. The van der Waals surface area contributed by atoms with Crippen LogP contribution >= 0.6 is 11.3 Å². The highest BCUT2D eigenvalue weighted by atomic mass is 32.1. The minimum absolute atomic E-state index is 0.0189. The molecule has 0 saturated heterocycles. The number of fused-ring (bicyclic) bond motifs is 1. The molecule has 0 aliphatic carbocycles. The largest absolute Gasteiger partial charge is 0.496 e. The Kier molecular flexibility index (Phi) is 6.52. The molecule has 1 atom stereocenters. The quantitative estimate of drug-likeness (QED) is 0.559. The van der Waals surface area contributed by atoms with E-state index in [1.807, 2.05) is 41.8 Å². The fraction of sp³-hybridized carbons (Fsp3) is 0.250. The summed E-state index contributed by atoms with van der Waals surface area (Å²) < 4.78 is 5.29. The number of anilines is 1. The predicted octanol–water partition coefficient (Wildman–Crippen LogP) is 3.29. The molecule has 0 spiro atoms. The van der Waals surface area contributed by atoms with E-state index >= 15 is 0 Å². The zero-order valence-corrected chi connectivity index (χ0v) is 18.2. The van der Waals surface area contributed by atoms with Gasteiger partial charge in [0.15, 0.2) is 0 Å². The minimum Gasteiger partial charge on any atom is -0.496 e. The fourth-order valence-electron chi connectivity index (χ4n) is 3.91. The molecule has 2 amide bonds. The molecule has 2 heterocycles. The maximum absolute atomic E-state index is 12.5. The maximum atomic E-state index is 12.5. The first-order chi connectivity index (χ1) is 15.2. The number of para-hydroxylation sites is 2. The summed E-state index contributed by atoms with van der Waals surface area (Å²) in [6.45, 7) is 1.47. The van der Waals surface area contributed by atoms with Crippen LogP contribution in [0.25, 0.3) is 0 Å². The van der Waals surface area contributed by atoms with Gasteiger partial charge in [-0.15, -0.1) is 11.3 Å². The summed E-state index contributed by atoms with van der Waals surface area (Å²) >= 11 is 1.66. The van der Waals surface area contributed by atoms with Crippen LogP contribution in [-0.4, -0.2) is 32.0 Å². The average molecular weight is 436 g/mol. The van der Waals surface area contributed by atoms with Crippen molar-refractivity contribution in [3.63, 3.8) is 0 Å². The second-order valence-electron chi connectivity index (χ2n) is 7.31. The van der Waals surface area contributed by atoms with Crippen molar-refractivity contribution in [2.24, 2.45) is 0 Å². The Labute approximate surface area is 185 Å². The van der Waals surface area contributed by atoms with E-state index in [9.17, 15) is 9.59 Å². The fourth-order valence-corrected chi connectivity index (χ4v) is 4.75. The van der Waals surface area contributed by atoms with Crippen LogP contribution < -0.4 is 20.3 Å². The molecule has 1 aliphatic rings. The minimum atomic E-state index is -0.655. The third-order valence-corrected chi connectivity index (χ3v) is 6.44. The summed E-state index contributed by atoms with van der Waals surface area (Å²) in [6, 6.07) is 19.8. The van der Waals surface area contributed by atoms with E-state index in [-0.39, 0.29) is 12.6 Å². The van der Waals surface area contributed by atoms with Crippen LogP contribution in [0.1, 0.15) is 22.0 Å². The lowest BCUT2D eigenvalue weighted by molar-refractivity contribution is -0.139. The lowest BCUT2D eigenvalue weighted by atomic mass is 10.1.